The summed E-state index contributed by atoms with van der Waals surface area (Å²) in [6.45, 7) is 3.64. The highest BCUT2D eigenvalue weighted by Gasteiger charge is 2.19. The van der Waals surface area contributed by atoms with Crippen LogP contribution < -0.4 is 4.90 Å². The third-order valence-electron chi connectivity index (χ3n) is 2.72. The van der Waals surface area contributed by atoms with Gasteiger partial charge in [-0.25, -0.2) is 9.97 Å². The van der Waals surface area contributed by atoms with Gasteiger partial charge in [0.2, 0.25) is 0 Å². The molecule has 2 heterocycles. The SMILES string of the molecule is CSc1nc(C)cc(N2CCCC(O)C2)n1. The number of hydrogen-bond donors (Lipinski definition) is 1. The Bertz CT molecular complexity index is 372. The minimum atomic E-state index is -0.221. The van der Waals surface area contributed by atoms with Gasteiger partial charge in [-0.1, -0.05) is 11.8 Å². The highest BCUT2D eigenvalue weighted by Crippen LogP contribution is 2.21. The Morgan fingerprint density at radius 1 is 1.50 bits per heavy atom. The Kier molecular flexibility index (Phi) is 3.66. The maximum atomic E-state index is 9.65. The lowest BCUT2D eigenvalue weighted by molar-refractivity contribution is 0.154. The van der Waals surface area contributed by atoms with Crippen LogP contribution >= 0.6 is 11.8 Å². The number of aliphatic hydroxyl groups excluding tert-OH is 1. The molecule has 1 N–H and O–H groups in total. The van der Waals surface area contributed by atoms with Crippen molar-refractivity contribution in [2.24, 2.45) is 0 Å². The van der Waals surface area contributed by atoms with Crippen molar-refractivity contribution in [1.29, 1.82) is 0 Å². The zero-order valence-corrected chi connectivity index (χ0v) is 10.5. The lowest BCUT2D eigenvalue weighted by atomic mass is 10.1. The van der Waals surface area contributed by atoms with E-state index in [4.69, 9.17) is 0 Å². The van der Waals surface area contributed by atoms with Crippen molar-refractivity contribution in [2.45, 2.75) is 31.0 Å². The van der Waals surface area contributed by atoms with Crippen LogP contribution in [0.3, 0.4) is 0 Å². The summed E-state index contributed by atoms with van der Waals surface area (Å²) in [7, 11) is 0. The molecule has 0 saturated carbocycles. The summed E-state index contributed by atoms with van der Waals surface area (Å²) in [5.74, 6) is 0.940. The fourth-order valence-corrected chi connectivity index (χ4v) is 2.36. The zero-order valence-electron chi connectivity index (χ0n) is 9.68. The minimum Gasteiger partial charge on any atom is -0.391 e. The molecule has 1 aromatic rings. The molecule has 88 valence electrons. The van der Waals surface area contributed by atoms with E-state index < -0.39 is 0 Å². The van der Waals surface area contributed by atoms with Crippen LogP contribution in [-0.4, -0.2) is 40.5 Å². The average molecular weight is 239 g/mol. The Hall–Kier alpha value is -0.810. The molecular formula is C11H17N3OS. The number of nitrogens with zero attached hydrogens (tertiary/aromatic N) is 3. The van der Waals surface area contributed by atoms with Crippen LogP contribution in [0.15, 0.2) is 11.2 Å². The zero-order chi connectivity index (χ0) is 11.5. The van der Waals surface area contributed by atoms with E-state index in [1.807, 2.05) is 19.2 Å². The maximum absolute atomic E-state index is 9.65. The summed E-state index contributed by atoms with van der Waals surface area (Å²) in [4.78, 5) is 10.9. The number of piperidine rings is 1. The van der Waals surface area contributed by atoms with E-state index in [1.54, 1.807) is 11.8 Å². The van der Waals surface area contributed by atoms with Crippen molar-refractivity contribution in [3.8, 4) is 0 Å². The number of β-amino-alcohol motifs (C(OH)–C–C–N with tert-alkyl or cyclic N) is 1. The van der Waals surface area contributed by atoms with Gasteiger partial charge in [-0.15, -0.1) is 0 Å². The largest absolute Gasteiger partial charge is 0.391 e. The van der Waals surface area contributed by atoms with Gasteiger partial charge in [0, 0.05) is 24.8 Å². The molecule has 0 spiro atoms. The van der Waals surface area contributed by atoms with E-state index in [1.165, 1.54) is 0 Å². The molecule has 1 fully saturated rings. The Morgan fingerprint density at radius 3 is 3.00 bits per heavy atom. The number of thioether (sulfide) groups is 1. The second kappa shape index (κ2) is 5.01. The summed E-state index contributed by atoms with van der Waals surface area (Å²) in [5, 5.41) is 10.4. The monoisotopic (exact) mass is 239 g/mol. The molecule has 0 aliphatic carbocycles. The van der Waals surface area contributed by atoms with Crippen LogP contribution in [0.4, 0.5) is 5.82 Å². The normalized spacial score (nSPS) is 21.2. The van der Waals surface area contributed by atoms with Crippen LogP contribution in [-0.2, 0) is 0 Å². The molecule has 1 aromatic heterocycles. The smallest absolute Gasteiger partial charge is 0.189 e. The predicted octanol–water partition coefficient (Wildman–Crippen LogP) is 1.47. The van der Waals surface area contributed by atoms with Crippen molar-refractivity contribution in [3.05, 3.63) is 11.8 Å². The van der Waals surface area contributed by atoms with Crippen molar-refractivity contribution in [3.63, 3.8) is 0 Å². The third kappa shape index (κ3) is 2.65. The summed E-state index contributed by atoms with van der Waals surface area (Å²) in [6.07, 6.45) is 3.68. The average Bonchev–Trinajstić information content (AvgIpc) is 2.28. The van der Waals surface area contributed by atoms with Crippen molar-refractivity contribution in [1.82, 2.24) is 9.97 Å². The predicted molar refractivity (Wildman–Crippen MR) is 66.0 cm³/mol. The molecule has 0 bridgehead atoms. The molecule has 0 radical (unpaired) electrons. The highest BCUT2D eigenvalue weighted by molar-refractivity contribution is 7.98. The lowest BCUT2D eigenvalue weighted by Gasteiger charge is -2.31. The molecule has 1 aliphatic rings. The van der Waals surface area contributed by atoms with E-state index in [0.29, 0.717) is 6.54 Å². The number of rotatable bonds is 2. The van der Waals surface area contributed by atoms with E-state index in [0.717, 1.165) is 36.1 Å². The van der Waals surface area contributed by atoms with Crippen molar-refractivity contribution in [2.75, 3.05) is 24.2 Å². The number of hydrogen-bond acceptors (Lipinski definition) is 5. The van der Waals surface area contributed by atoms with Crippen LogP contribution in [0.1, 0.15) is 18.5 Å². The molecule has 4 nitrogen and oxygen atoms in total. The second-order valence-electron chi connectivity index (χ2n) is 4.10. The van der Waals surface area contributed by atoms with E-state index >= 15 is 0 Å². The van der Waals surface area contributed by atoms with Gasteiger partial charge in [0.05, 0.1) is 6.10 Å². The van der Waals surface area contributed by atoms with Crippen molar-refractivity contribution >= 4 is 17.6 Å². The molecule has 0 aromatic carbocycles. The molecule has 16 heavy (non-hydrogen) atoms. The Balaban J connectivity index is 2.21. The molecule has 0 amide bonds. The third-order valence-corrected chi connectivity index (χ3v) is 3.27. The van der Waals surface area contributed by atoms with Crippen LogP contribution in [0.25, 0.3) is 0 Å². The molecule has 1 atom stereocenters. The first-order valence-corrected chi connectivity index (χ1v) is 6.74. The summed E-state index contributed by atoms with van der Waals surface area (Å²) < 4.78 is 0. The van der Waals surface area contributed by atoms with Crippen LogP contribution in [0.2, 0.25) is 0 Å². The summed E-state index contributed by atoms with van der Waals surface area (Å²) in [5.41, 5.74) is 0.981. The van der Waals surface area contributed by atoms with Gasteiger partial charge < -0.3 is 10.0 Å². The first-order chi connectivity index (χ1) is 7.69. The van der Waals surface area contributed by atoms with E-state index in [-0.39, 0.29) is 6.10 Å². The summed E-state index contributed by atoms with van der Waals surface area (Å²) in [6, 6.07) is 1.98. The molecule has 2 rings (SSSR count). The molecule has 5 heteroatoms. The van der Waals surface area contributed by atoms with Crippen molar-refractivity contribution < 1.29 is 5.11 Å². The van der Waals surface area contributed by atoms with E-state index in [9.17, 15) is 5.11 Å². The minimum absolute atomic E-state index is 0.221. The first-order valence-electron chi connectivity index (χ1n) is 5.51. The number of anilines is 1. The number of aliphatic hydroxyl groups is 1. The highest BCUT2D eigenvalue weighted by atomic mass is 32.2. The second-order valence-corrected chi connectivity index (χ2v) is 4.87. The number of aromatic nitrogens is 2. The maximum Gasteiger partial charge on any atom is 0.189 e. The Labute approximate surface area is 100 Å². The topological polar surface area (TPSA) is 49.2 Å². The van der Waals surface area contributed by atoms with Gasteiger partial charge in [-0.05, 0) is 26.0 Å². The summed E-state index contributed by atoms with van der Waals surface area (Å²) >= 11 is 1.55. The van der Waals surface area contributed by atoms with Gasteiger partial charge in [0.25, 0.3) is 0 Å². The molecule has 1 saturated heterocycles. The van der Waals surface area contributed by atoms with Gasteiger partial charge in [0.1, 0.15) is 5.82 Å². The van der Waals surface area contributed by atoms with Gasteiger partial charge in [0.15, 0.2) is 5.16 Å². The fraction of sp³-hybridized carbons (Fsp3) is 0.636. The number of aryl methyl sites for hydroxylation is 1. The standard InChI is InChI=1S/C11H17N3OS/c1-8-6-10(13-11(12-8)16-2)14-5-3-4-9(15)7-14/h6,9,15H,3-5,7H2,1-2H3. The van der Waals surface area contributed by atoms with Gasteiger partial charge in [-0.2, -0.15) is 0 Å². The molecule has 1 unspecified atom stereocenters. The van der Waals surface area contributed by atoms with Crippen LogP contribution in [0, 0.1) is 6.92 Å². The molecule has 1 aliphatic heterocycles. The fourth-order valence-electron chi connectivity index (χ4n) is 1.94. The van der Waals surface area contributed by atoms with Crippen LogP contribution in [0.5, 0.6) is 0 Å². The van der Waals surface area contributed by atoms with E-state index in [2.05, 4.69) is 14.9 Å². The van der Waals surface area contributed by atoms with Gasteiger partial charge >= 0.3 is 0 Å². The Morgan fingerprint density at radius 2 is 2.31 bits per heavy atom. The molecular weight excluding hydrogens is 222 g/mol. The lowest BCUT2D eigenvalue weighted by Crippen LogP contribution is -2.38. The van der Waals surface area contributed by atoms with Gasteiger partial charge in [-0.3, -0.25) is 0 Å². The quantitative estimate of drug-likeness (QED) is 0.625. The first kappa shape index (κ1) is 11.7.